The second-order valence-corrected chi connectivity index (χ2v) is 7.12. The van der Waals surface area contributed by atoms with Gasteiger partial charge in [0.1, 0.15) is 11.6 Å². The van der Waals surface area contributed by atoms with Gasteiger partial charge in [0.15, 0.2) is 5.78 Å². The molecule has 1 aliphatic rings. The van der Waals surface area contributed by atoms with Crippen molar-refractivity contribution in [1.82, 2.24) is 9.78 Å². The second kappa shape index (κ2) is 5.96. The SMILES string of the molecule is COc1cc(Br)cc(C2Nc3c(c(C)nn3C)C(=O)CS2)c1. The van der Waals surface area contributed by atoms with Crippen LogP contribution < -0.4 is 10.1 Å². The molecular formula is C15H16BrN3O2S. The zero-order chi connectivity index (χ0) is 15.9. The number of thioether (sulfide) groups is 1. The molecule has 2 heterocycles. The molecule has 0 aliphatic carbocycles. The first-order chi connectivity index (χ1) is 10.5. The van der Waals surface area contributed by atoms with E-state index in [0.717, 1.165) is 27.3 Å². The third-order valence-electron chi connectivity index (χ3n) is 3.58. The van der Waals surface area contributed by atoms with Gasteiger partial charge in [-0.2, -0.15) is 5.10 Å². The monoisotopic (exact) mass is 381 g/mol. The Morgan fingerprint density at radius 1 is 1.45 bits per heavy atom. The largest absolute Gasteiger partial charge is 0.497 e. The highest BCUT2D eigenvalue weighted by Gasteiger charge is 2.28. The predicted octanol–water partition coefficient (Wildman–Crippen LogP) is 3.54. The van der Waals surface area contributed by atoms with E-state index in [0.29, 0.717) is 11.3 Å². The average molecular weight is 382 g/mol. The Morgan fingerprint density at radius 3 is 2.95 bits per heavy atom. The van der Waals surface area contributed by atoms with E-state index >= 15 is 0 Å². The predicted molar refractivity (Wildman–Crippen MR) is 91.8 cm³/mol. The molecular weight excluding hydrogens is 366 g/mol. The topological polar surface area (TPSA) is 56.1 Å². The van der Waals surface area contributed by atoms with Crippen molar-refractivity contribution in [2.45, 2.75) is 12.3 Å². The number of carbonyl (C=O) groups is 1. The Balaban J connectivity index is 2.02. The number of methoxy groups -OCH3 is 1. The number of aryl methyl sites for hydroxylation is 2. The van der Waals surface area contributed by atoms with Gasteiger partial charge in [-0.3, -0.25) is 9.48 Å². The molecule has 0 bridgehead atoms. The molecule has 0 spiro atoms. The van der Waals surface area contributed by atoms with Gasteiger partial charge < -0.3 is 10.1 Å². The molecule has 5 nitrogen and oxygen atoms in total. The first-order valence-electron chi connectivity index (χ1n) is 6.79. The third kappa shape index (κ3) is 2.75. The molecule has 1 unspecified atom stereocenters. The lowest BCUT2D eigenvalue weighted by atomic mass is 10.1. The van der Waals surface area contributed by atoms with Crippen molar-refractivity contribution in [3.05, 3.63) is 39.5 Å². The molecule has 1 aliphatic heterocycles. The van der Waals surface area contributed by atoms with Crippen molar-refractivity contribution < 1.29 is 9.53 Å². The number of rotatable bonds is 2. The molecule has 1 aromatic heterocycles. The molecule has 1 atom stereocenters. The minimum absolute atomic E-state index is 0.0357. The lowest BCUT2D eigenvalue weighted by Gasteiger charge is -2.18. The number of nitrogens with one attached hydrogen (secondary N) is 1. The van der Waals surface area contributed by atoms with E-state index in [1.165, 1.54) is 0 Å². The number of ether oxygens (including phenoxy) is 1. The molecule has 0 saturated carbocycles. The Kier molecular flexibility index (Phi) is 4.18. The van der Waals surface area contributed by atoms with Gasteiger partial charge in [-0.15, -0.1) is 11.8 Å². The van der Waals surface area contributed by atoms with Crippen LogP contribution in [-0.2, 0) is 7.05 Å². The van der Waals surface area contributed by atoms with Crippen LogP contribution in [0.2, 0.25) is 0 Å². The van der Waals surface area contributed by atoms with Crippen LogP contribution in [0.1, 0.15) is 27.0 Å². The summed E-state index contributed by atoms with van der Waals surface area (Å²) in [5.41, 5.74) is 2.51. The molecule has 1 aromatic carbocycles. The van der Waals surface area contributed by atoms with Crippen molar-refractivity contribution in [1.29, 1.82) is 0 Å². The maximum Gasteiger partial charge on any atom is 0.178 e. The van der Waals surface area contributed by atoms with Crippen LogP contribution in [0.15, 0.2) is 22.7 Å². The van der Waals surface area contributed by atoms with E-state index < -0.39 is 0 Å². The molecule has 2 aromatic rings. The van der Waals surface area contributed by atoms with Crippen molar-refractivity contribution >= 4 is 39.3 Å². The molecule has 116 valence electrons. The fourth-order valence-corrected chi connectivity index (χ4v) is 4.06. The zero-order valence-electron chi connectivity index (χ0n) is 12.5. The number of nitrogens with zero attached hydrogens (tertiary/aromatic N) is 2. The number of ketones is 1. The van der Waals surface area contributed by atoms with Crippen LogP contribution in [0.4, 0.5) is 5.82 Å². The first kappa shape index (κ1) is 15.4. The Labute approximate surface area is 141 Å². The van der Waals surface area contributed by atoms with Crippen LogP contribution in [0, 0.1) is 6.92 Å². The van der Waals surface area contributed by atoms with Gasteiger partial charge >= 0.3 is 0 Å². The molecule has 22 heavy (non-hydrogen) atoms. The van der Waals surface area contributed by atoms with E-state index in [-0.39, 0.29) is 11.2 Å². The maximum atomic E-state index is 12.4. The summed E-state index contributed by atoms with van der Waals surface area (Å²) in [7, 11) is 3.49. The van der Waals surface area contributed by atoms with Gasteiger partial charge in [-0.1, -0.05) is 15.9 Å². The minimum Gasteiger partial charge on any atom is -0.497 e. The number of benzene rings is 1. The smallest absolute Gasteiger partial charge is 0.178 e. The highest BCUT2D eigenvalue weighted by molar-refractivity contribution is 9.10. The highest BCUT2D eigenvalue weighted by Crippen LogP contribution is 2.38. The number of carbonyl (C=O) groups excluding carboxylic acids is 1. The van der Waals surface area contributed by atoms with Gasteiger partial charge in [0.2, 0.25) is 0 Å². The quantitative estimate of drug-likeness (QED) is 0.861. The Bertz CT molecular complexity index is 745. The Morgan fingerprint density at radius 2 is 2.23 bits per heavy atom. The lowest BCUT2D eigenvalue weighted by Crippen LogP contribution is -2.10. The average Bonchev–Trinajstić information content (AvgIpc) is 2.65. The van der Waals surface area contributed by atoms with Crippen LogP contribution in [-0.4, -0.2) is 28.4 Å². The van der Waals surface area contributed by atoms with Gasteiger partial charge in [0.05, 0.1) is 29.5 Å². The van der Waals surface area contributed by atoms with E-state index in [2.05, 4.69) is 26.3 Å². The van der Waals surface area contributed by atoms with E-state index in [9.17, 15) is 4.79 Å². The molecule has 0 fully saturated rings. The first-order valence-corrected chi connectivity index (χ1v) is 8.63. The van der Waals surface area contributed by atoms with Gasteiger partial charge in [0.25, 0.3) is 0 Å². The fraction of sp³-hybridized carbons (Fsp3) is 0.333. The number of halogens is 1. The van der Waals surface area contributed by atoms with E-state index in [1.54, 1.807) is 23.6 Å². The molecule has 1 N–H and O–H groups in total. The number of anilines is 1. The number of Topliss-reactive ketones (excluding diaryl/α,β-unsaturated/α-hetero) is 1. The molecule has 0 saturated heterocycles. The van der Waals surface area contributed by atoms with Crippen LogP contribution in [0.5, 0.6) is 5.75 Å². The summed E-state index contributed by atoms with van der Waals surface area (Å²) in [6.07, 6.45) is 0. The maximum absolute atomic E-state index is 12.4. The van der Waals surface area contributed by atoms with Crippen molar-refractivity contribution in [3.63, 3.8) is 0 Å². The van der Waals surface area contributed by atoms with E-state index in [4.69, 9.17) is 4.74 Å². The normalized spacial score (nSPS) is 17.6. The highest BCUT2D eigenvalue weighted by atomic mass is 79.9. The summed E-state index contributed by atoms with van der Waals surface area (Å²) in [4.78, 5) is 12.4. The van der Waals surface area contributed by atoms with Crippen molar-refractivity contribution in [2.24, 2.45) is 7.05 Å². The minimum atomic E-state index is -0.0357. The standard InChI is InChI=1S/C15H16BrN3O2S/c1-8-13-12(20)7-22-15(17-14(13)19(2)18-8)9-4-10(16)6-11(5-9)21-3/h4-6,15,17H,7H2,1-3H3. The fourth-order valence-electron chi connectivity index (χ4n) is 2.59. The summed E-state index contributed by atoms with van der Waals surface area (Å²) in [6, 6.07) is 5.93. The number of hydrogen-bond donors (Lipinski definition) is 1. The summed E-state index contributed by atoms with van der Waals surface area (Å²) in [6.45, 7) is 1.87. The van der Waals surface area contributed by atoms with Crippen molar-refractivity contribution in [2.75, 3.05) is 18.2 Å². The number of aromatic nitrogens is 2. The number of hydrogen-bond acceptors (Lipinski definition) is 5. The summed E-state index contributed by atoms with van der Waals surface area (Å²) in [5, 5.41) is 7.76. The molecule has 0 radical (unpaired) electrons. The Hall–Kier alpha value is -1.47. The molecule has 0 amide bonds. The van der Waals surface area contributed by atoms with E-state index in [1.807, 2.05) is 32.2 Å². The lowest BCUT2D eigenvalue weighted by molar-refractivity contribution is 0.102. The summed E-state index contributed by atoms with van der Waals surface area (Å²) in [5.74, 6) is 2.09. The van der Waals surface area contributed by atoms with Crippen LogP contribution in [0.25, 0.3) is 0 Å². The van der Waals surface area contributed by atoms with Gasteiger partial charge in [-0.25, -0.2) is 0 Å². The second-order valence-electron chi connectivity index (χ2n) is 5.12. The molecule has 3 rings (SSSR count). The van der Waals surface area contributed by atoms with Crippen LogP contribution >= 0.6 is 27.7 Å². The number of fused-ring (bicyclic) bond motifs is 1. The summed E-state index contributed by atoms with van der Waals surface area (Å²) < 4.78 is 8.00. The van der Waals surface area contributed by atoms with Crippen molar-refractivity contribution in [3.8, 4) is 5.75 Å². The molecule has 7 heteroatoms. The summed E-state index contributed by atoms with van der Waals surface area (Å²) >= 11 is 5.07. The van der Waals surface area contributed by atoms with Crippen LogP contribution in [0.3, 0.4) is 0 Å². The van der Waals surface area contributed by atoms with Gasteiger partial charge in [0, 0.05) is 11.5 Å². The van der Waals surface area contributed by atoms with Gasteiger partial charge in [-0.05, 0) is 30.7 Å². The zero-order valence-corrected chi connectivity index (χ0v) is 14.9. The third-order valence-corrected chi connectivity index (χ3v) is 5.19.